The van der Waals surface area contributed by atoms with E-state index in [9.17, 15) is 0 Å². The van der Waals surface area contributed by atoms with Crippen LogP contribution in [0.5, 0.6) is 11.5 Å². The zero-order chi connectivity index (χ0) is 21.7. The van der Waals surface area contributed by atoms with Crippen molar-refractivity contribution in [3.8, 4) is 33.8 Å². The second-order valence-corrected chi connectivity index (χ2v) is 7.91. The van der Waals surface area contributed by atoms with Gasteiger partial charge >= 0.3 is 0 Å². The van der Waals surface area contributed by atoms with Crippen molar-refractivity contribution in [2.24, 2.45) is 0 Å². The Bertz CT molecular complexity index is 1000. The normalized spacial score (nSPS) is 10.9. The SMILES string of the molecule is CCCc1cc(CCC)c(-c2c(OC)ccc(OC)c2C)c(C)c1-c1ccccc1. The van der Waals surface area contributed by atoms with Gasteiger partial charge in [-0.2, -0.15) is 0 Å². The Labute approximate surface area is 181 Å². The third kappa shape index (κ3) is 4.09. The van der Waals surface area contributed by atoms with Gasteiger partial charge in [0.15, 0.2) is 0 Å². The van der Waals surface area contributed by atoms with Crippen molar-refractivity contribution in [2.45, 2.75) is 53.4 Å². The number of rotatable bonds is 8. The predicted octanol–water partition coefficient (Wildman–Crippen LogP) is 7.56. The molecule has 0 saturated carbocycles. The first kappa shape index (κ1) is 22.0. The standard InChI is InChI=1S/C28H34O2/c1-7-12-22-18-23(13-8-2)27(20(4)26(22)21-14-10-9-11-15-21)28-19(3)24(29-5)16-17-25(28)30-6/h9-11,14-18H,7-8,12-13H2,1-6H3. The van der Waals surface area contributed by atoms with E-state index in [1.54, 1.807) is 14.2 Å². The minimum absolute atomic E-state index is 0.895. The number of aryl methyl sites for hydroxylation is 2. The highest BCUT2D eigenvalue weighted by Crippen LogP contribution is 2.45. The summed E-state index contributed by atoms with van der Waals surface area (Å²) in [6.07, 6.45) is 4.36. The van der Waals surface area contributed by atoms with Crippen molar-refractivity contribution in [2.75, 3.05) is 14.2 Å². The van der Waals surface area contributed by atoms with E-state index in [2.05, 4.69) is 64.1 Å². The quantitative estimate of drug-likeness (QED) is 0.387. The lowest BCUT2D eigenvalue weighted by molar-refractivity contribution is 0.402. The van der Waals surface area contributed by atoms with E-state index in [0.717, 1.165) is 48.3 Å². The highest BCUT2D eigenvalue weighted by atomic mass is 16.5. The molecule has 0 heterocycles. The fourth-order valence-electron chi connectivity index (χ4n) is 4.62. The average molecular weight is 403 g/mol. The van der Waals surface area contributed by atoms with Crippen LogP contribution in [0, 0.1) is 13.8 Å². The largest absolute Gasteiger partial charge is 0.496 e. The maximum absolute atomic E-state index is 5.84. The van der Waals surface area contributed by atoms with Gasteiger partial charge in [0.1, 0.15) is 11.5 Å². The van der Waals surface area contributed by atoms with Crippen LogP contribution in [-0.2, 0) is 12.8 Å². The van der Waals surface area contributed by atoms with Gasteiger partial charge in [0.05, 0.1) is 14.2 Å². The third-order valence-corrected chi connectivity index (χ3v) is 5.91. The molecule has 0 aliphatic rings. The van der Waals surface area contributed by atoms with E-state index in [1.807, 2.05) is 12.1 Å². The summed E-state index contributed by atoms with van der Waals surface area (Å²) < 4.78 is 11.5. The van der Waals surface area contributed by atoms with Gasteiger partial charge in [-0.05, 0) is 72.2 Å². The molecule has 0 aromatic heterocycles. The summed E-state index contributed by atoms with van der Waals surface area (Å²) in [5.41, 5.74) is 10.4. The van der Waals surface area contributed by atoms with Gasteiger partial charge in [-0.25, -0.2) is 0 Å². The van der Waals surface area contributed by atoms with Gasteiger partial charge in [-0.15, -0.1) is 0 Å². The fraction of sp³-hybridized carbons (Fsp3) is 0.357. The number of benzene rings is 3. The molecule has 0 radical (unpaired) electrons. The second kappa shape index (κ2) is 9.84. The molecular formula is C28H34O2. The van der Waals surface area contributed by atoms with Gasteiger partial charge in [0.2, 0.25) is 0 Å². The second-order valence-electron chi connectivity index (χ2n) is 7.91. The van der Waals surface area contributed by atoms with Crippen LogP contribution in [0.2, 0.25) is 0 Å². The summed E-state index contributed by atoms with van der Waals surface area (Å²) in [4.78, 5) is 0. The van der Waals surface area contributed by atoms with Crippen molar-refractivity contribution >= 4 is 0 Å². The van der Waals surface area contributed by atoms with Crippen LogP contribution >= 0.6 is 0 Å². The molecule has 0 spiro atoms. The smallest absolute Gasteiger partial charge is 0.127 e. The molecule has 30 heavy (non-hydrogen) atoms. The molecule has 0 bridgehead atoms. The Hall–Kier alpha value is -2.74. The van der Waals surface area contributed by atoms with Crippen molar-refractivity contribution in [3.63, 3.8) is 0 Å². The maximum atomic E-state index is 5.84. The molecule has 3 aromatic carbocycles. The Kier molecular flexibility index (Phi) is 7.20. The lowest BCUT2D eigenvalue weighted by atomic mass is 9.82. The lowest BCUT2D eigenvalue weighted by Crippen LogP contribution is -2.04. The van der Waals surface area contributed by atoms with Gasteiger partial charge in [0, 0.05) is 11.1 Å². The van der Waals surface area contributed by atoms with Crippen molar-refractivity contribution in [3.05, 3.63) is 70.8 Å². The zero-order valence-electron chi connectivity index (χ0n) is 19.3. The van der Waals surface area contributed by atoms with Gasteiger partial charge in [-0.1, -0.05) is 63.1 Å². The maximum Gasteiger partial charge on any atom is 0.127 e. The van der Waals surface area contributed by atoms with E-state index >= 15 is 0 Å². The Balaban J connectivity index is 2.43. The van der Waals surface area contributed by atoms with Crippen LogP contribution in [0.4, 0.5) is 0 Å². The first-order valence-corrected chi connectivity index (χ1v) is 11.0. The number of ether oxygens (including phenoxy) is 2. The first-order valence-electron chi connectivity index (χ1n) is 11.0. The molecule has 0 amide bonds. The summed E-state index contributed by atoms with van der Waals surface area (Å²) in [5, 5.41) is 0. The summed E-state index contributed by atoms with van der Waals surface area (Å²) in [6.45, 7) is 8.91. The van der Waals surface area contributed by atoms with Crippen LogP contribution in [0.25, 0.3) is 22.3 Å². The molecule has 0 aliphatic carbocycles. The fourth-order valence-corrected chi connectivity index (χ4v) is 4.62. The minimum Gasteiger partial charge on any atom is -0.496 e. The van der Waals surface area contributed by atoms with Crippen molar-refractivity contribution < 1.29 is 9.47 Å². The Morgan fingerprint density at radius 1 is 0.633 bits per heavy atom. The molecule has 0 N–H and O–H groups in total. The van der Waals surface area contributed by atoms with Crippen molar-refractivity contribution in [1.82, 2.24) is 0 Å². The topological polar surface area (TPSA) is 18.5 Å². The molecule has 2 nitrogen and oxygen atoms in total. The molecule has 0 aliphatic heterocycles. The minimum atomic E-state index is 0.895. The summed E-state index contributed by atoms with van der Waals surface area (Å²) in [7, 11) is 3.49. The number of hydrogen-bond acceptors (Lipinski definition) is 2. The van der Waals surface area contributed by atoms with Crippen LogP contribution in [-0.4, -0.2) is 14.2 Å². The summed E-state index contributed by atoms with van der Waals surface area (Å²) >= 11 is 0. The third-order valence-electron chi connectivity index (χ3n) is 5.91. The van der Waals surface area contributed by atoms with E-state index in [1.165, 1.54) is 33.4 Å². The molecule has 3 aromatic rings. The Morgan fingerprint density at radius 3 is 1.77 bits per heavy atom. The molecule has 0 atom stereocenters. The van der Waals surface area contributed by atoms with Crippen LogP contribution in [0.15, 0.2) is 48.5 Å². The van der Waals surface area contributed by atoms with Gasteiger partial charge in [0.25, 0.3) is 0 Å². The monoisotopic (exact) mass is 402 g/mol. The molecule has 3 rings (SSSR count). The zero-order valence-corrected chi connectivity index (χ0v) is 19.3. The predicted molar refractivity (Wildman–Crippen MR) is 128 cm³/mol. The van der Waals surface area contributed by atoms with E-state index in [-0.39, 0.29) is 0 Å². The molecular weight excluding hydrogens is 368 g/mol. The van der Waals surface area contributed by atoms with Gasteiger partial charge in [-0.3, -0.25) is 0 Å². The van der Waals surface area contributed by atoms with Crippen molar-refractivity contribution in [1.29, 1.82) is 0 Å². The molecule has 0 unspecified atom stereocenters. The molecule has 0 fully saturated rings. The number of methoxy groups -OCH3 is 2. The molecule has 0 saturated heterocycles. The van der Waals surface area contributed by atoms with Crippen LogP contribution in [0.3, 0.4) is 0 Å². The van der Waals surface area contributed by atoms with E-state index in [4.69, 9.17) is 9.47 Å². The lowest BCUT2D eigenvalue weighted by Gasteiger charge is -2.24. The Morgan fingerprint density at radius 2 is 1.20 bits per heavy atom. The average Bonchev–Trinajstić information content (AvgIpc) is 2.75. The summed E-state index contributed by atoms with van der Waals surface area (Å²) in [6, 6.07) is 17.2. The molecule has 158 valence electrons. The number of hydrogen-bond donors (Lipinski definition) is 0. The van der Waals surface area contributed by atoms with Crippen LogP contribution in [0.1, 0.15) is 48.9 Å². The molecule has 2 heteroatoms. The highest BCUT2D eigenvalue weighted by molar-refractivity contribution is 5.87. The van der Waals surface area contributed by atoms with Crippen LogP contribution < -0.4 is 9.47 Å². The van der Waals surface area contributed by atoms with Gasteiger partial charge < -0.3 is 9.47 Å². The highest BCUT2D eigenvalue weighted by Gasteiger charge is 2.22. The summed E-state index contributed by atoms with van der Waals surface area (Å²) in [5.74, 6) is 1.79. The van der Waals surface area contributed by atoms with E-state index < -0.39 is 0 Å². The first-order chi connectivity index (χ1) is 14.6. The van der Waals surface area contributed by atoms with E-state index in [0.29, 0.717) is 0 Å².